The van der Waals surface area contributed by atoms with Gasteiger partial charge in [-0.15, -0.1) is 0 Å². The quantitative estimate of drug-likeness (QED) is 0.781. The summed E-state index contributed by atoms with van der Waals surface area (Å²) in [5.74, 6) is 1.15. The summed E-state index contributed by atoms with van der Waals surface area (Å²) >= 11 is 1.86. The predicted molar refractivity (Wildman–Crippen MR) is 65.3 cm³/mol. The zero-order chi connectivity index (χ0) is 10.5. The summed E-state index contributed by atoms with van der Waals surface area (Å²) < 4.78 is 1.91. The molecule has 2 heterocycles. The SMILES string of the molecule is CSCCNCc1cnn2ccccc12. The van der Waals surface area contributed by atoms with E-state index in [4.69, 9.17) is 0 Å². The number of hydrogen-bond donors (Lipinski definition) is 1. The second kappa shape index (κ2) is 5.19. The Kier molecular flexibility index (Phi) is 3.64. The molecular formula is C11H15N3S. The van der Waals surface area contributed by atoms with Crippen LogP contribution in [0, 0.1) is 0 Å². The van der Waals surface area contributed by atoms with Gasteiger partial charge in [-0.2, -0.15) is 16.9 Å². The highest BCUT2D eigenvalue weighted by atomic mass is 32.2. The zero-order valence-corrected chi connectivity index (χ0v) is 9.63. The fourth-order valence-electron chi connectivity index (χ4n) is 1.52. The molecule has 0 saturated carbocycles. The van der Waals surface area contributed by atoms with Crippen molar-refractivity contribution in [1.29, 1.82) is 0 Å². The normalized spacial score (nSPS) is 11.0. The maximum absolute atomic E-state index is 4.29. The van der Waals surface area contributed by atoms with Gasteiger partial charge in [0.2, 0.25) is 0 Å². The van der Waals surface area contributed by atoms with Gasteiger partial charge in [-0.25, -0.2) is 4.52 Å². The molecule has 0 aliphatic carbocycles. The van der Waals surface area contributed by atoms with E-state index in [2.05, 4.69) is 22.7 Å². The molecule has 0 fully saturated rings. The Morgan fingerprint density at radius 3 is 3.27 bits per heavy atom. The zero-order valence-electron chi connectivity index (χ0n) is 8.81. The fourth-order valence-corrected chi connectivity index (χ4v) is 1.87. The largest absolute Gasteiger partial charge is 0.312 e. The van der Waals surface area contributed by atoms with E-state index in [1.807, 2.05) is 40.8 Å². The number of fused-ring (bicyclic) bond motifs is 1. The molecule has 0 radical (unpaired) electrons. The highest BCUT2D eigenvalue weighted by molar-refractivity contribution is 7.98. The van der Waals surface area contributed by atoms with Crippen molar-refractivity contribution in [3.8, 4) is 0 Å². The number of rotatable bonds is 5. The summed E-state index contributed by atoms with van der Waals surface area (Å²) in [7, 11) is 0. The minimum atomic E-state index is 0.897. The van der Waals surface area contributed by atoms with Crippen molar-refractivity contribution in [2.45, 2.75) is 6.54 Å². The van der Waals surface area contributed by atoms with Gasteiger partial charge in [0.05, 0.1) is 11.7 Å². The minimum Gasteiger partial charge on any atom is -0.312 e. The Labute approximate surface area is 93.9 Å². The maximum Gasteiger partial charge on any atom is 0.0706 e. The van der Waals surface area contributed by atoms with E-state index in [-0.39, 0.29) is 0 Å². The van der Waals surface area contributed by atoms with Crippen LogP contribution in [0.2, 0.25) is 0 Å². The van der Waals surface area contributed by atoms with Crippen LogP contribution >= 0.6 is 11.8 Å². The van der Waals surface area contributed by atoms with Crippen LogP contribution in [0.4, 0.5) is 0 Å². The van der Waals surface area contributed by atoms with Crippen molar-refractivity contribution in [3.63, 3.8) is 0 Å². The molecule has 2 rings (SSSR count). The lowest BCUT2D eigenvalue weighted by molar-refractivity contribution is 0.736. The van der Waals surface area contributed by atoms with Crippen LogP contribution in [0.25, 0.3) is 5.52 Å². The molecule has 0 saturated heterocycles. The standard InChI is InChI=1S/C11H15N3S/c1-15-7-5-12-8-10-9-13-14-6-3-2-4-11(10)14/h2-4,6,9,12H,5,7-8H2,1H3. The van der Waals surface area contributed by atoms with Gasteiger partial charge in [0.1, 0.15) is 0 Å². The van der Waals surface area contributed by atoms with Gasteiger partial charge in [-0.05, 0) is 18.4 Å². The number of nitrogens with zero attached hydrogens (tertiary/aromatic N) is 2. The van der Waals surface area contributed by atoms with Gasteiger partial charge in [0, 0.05) is 30.6 Å². The van der Waals surface area contributed by atoms with Crippen LogP contribution in [0.3, 0.4) is 0 Å². The molecule has 2 aromatic heterocycles. The first-order valence-corrected chi connectivity index (χ1v) is 6.42. The lowest BCUT2D eigenvalue weighted by Crippen LogP contribution is -2.16. The summed E-state index contributed by atoms with van der Waals surface area (Å²) in [6.45, 7) is 1.94. The van der Waals surface area contributed by atoms with E-state index in [1.165, 1.54) is 11.1 Å². The van der Waals surface area contributed by atoms with E-state index in [0.29, 0.717) is 0 Å². The number of thioether (sulfide) groups is 1. The third kappa shape index (κ3) is 2.52. The van der Waals surface area contributed by atoms with E-state index >= 15 is 0 Å². The molecule has 0 amide bonds. The van der Waals surface area contributed by atoms with E-state index < -0.39 is 0 Å². The molecule has 80 valence electrons. The van der Waals surface area contributed by atoms with Crippen LogP contribution < -0.4 is 5.32 Å². The highest BCUT2D eigenvalue weighted by Crippen LogP contribution is 2.09. The predicted octanol–water partition coefficient (Wildman–Crippen LogP) is 1.79. The maximum atomic E-state index is 4.29. The van der Waals surface area contributed by atoms with Gasteiger partial charge in [0.15, 0.2) is 0 Å². The number of aromatic nitrogens is 2. The third-order valence-electron chi connectivity index (χ3n) is 2.30. The average Bonchev–Trinajstić information content (AvgIpc) is 2.68. The number of hydrogen-bond acceptors (Lipinski definition) is 3. The topological polar surface area (TPSA) is 29.3 Å². The van der Waals surface area contributed by atoms with E-state index in [0.717, 1.165) is 18.8 Å². The highest BCUT2D eigenvalue weighted by Gasteiger charge is 2.01. The van der Waals surface area contributed by atoms with Gasteiger partial charge in [0.25, 0.3) is 0 Å². The Morgan fingerprint density at radius 1 is 1.47 bits per heavy atom. The first-order valence-electron chi connectivity index (χ1n) is 5.02. The molecule has 0 atom stereocenters. The lowest BCUT2D eigenvalue weighted by atomic mass is 10.2. The Balaban J connectivity index is 2.02. The molecule has 15 heavy (non-hydrogen) atoms. The van der Waals surface area contributed by atoms with E-state index in [1.54, 1.807) is 0 Å². The molecule has 0 aromatic carbocycles. The van der Waals surface area contributed by atoms with Crippen LogP contribution in [0.15, 0.2) is 30.6 Å². The molecule has 3 nitrogen and oxygen atoms in total. The molecule has 2 aromatic rings. The summed E-state index contributed by atoms with van der Waals surface area (Å²) in [5.41, 5.74) is 2.45. The fraction of sp³-hybridized carbons (Fsp3) is 0.364. The third-order valence-corrected chi connectivity index (χ3v) is 2.92. The van der Waals surface area contributed by atoms with Crippen molar-refractivity contribution >= 4 is 17.3 Å². The van der Waals surface area contributed by atoms with Crippen molar-refractivity contribution in [1.82, 2.24) is 14.9 Å². The van der Waals surface area contributed by atoms with Gasteiger partial charge < -0.3 is 5.32 Å². The van der Waals surface area contributed by atoms with Crippen molar-refractivity contribution in [2.24, 2.45) is 0 Å². The second-order valence-electron chi connectivity index (χ2n) is 3.37. The molecule has 0 aliphatic rings. The molecule has 1 N–H and O–H groups in total. The van der Waals surface area contributed by atoms with Gasteiger partial charge in [-0.3, -0.25) is 0 Å². The average molecular weight is 221 g/mol. The molecule has 0 aliphatic heterocycles. The first-order chi connectivity index (χ1) is 7.42. The summed E-state index contributed by atoms with van der Waals surface area (Å²) in [4.78, 5) is 0. The smallest absolute Gasteiger partial charge is 0.0706 e. The number of pyridine rings is 1. The molecular weight excluding hydrogens is 206 g/mol. The summed E-state index contributed by atoms with van der Waals surface area (Å²) in [6, 6.07) is 6.13. The second-order valence-corrected chi connectivity index (χ2v) is 4.36. The molecule has 0 bridgehead atoms. The monoisotopic (exact) mass is 221 g/mol. The molecule has 0 unspecified atom stereocenters. The first kappa shape index (κ1) is 10.5. The van der Waals surface area contributed by atoms with Crippen LogP contribution in [-0.4, -0.2) is 28.2 Å². The van der Waals surface area contributed by atoms with E-state index in [9.17, 15) is 0 Å². The Bertz CT molecular complexity index is 424. The van der Waals surface area contributed by atoms with Crippen LogP contribution in [-0.2, 0) is 6.54 Å². The summed E-state index contributed by atoms with van der Waals surface area (Å²) in [6.07, 6.45) is 6.03. The van der Waals surface area contributed by atoms with Gasteiger partial charge in [-0.1, -0.05) is 6.07 Å². The van der Waals surface area contributed by atoms with Gasteiger partial charge >= 0.3 is 0 Å². The minimum absolute atomic E-state index is 0.897. The van der Waals surface area contributed by atoms with Crippen LogP contribution in [0.5, 0.6) is 0 Å². The molecule has 4 heteroatoms. The van der Waals surface area contributed by atoms with Crippen molar-refractivity contribution < 1.29 is 0 Å². The van der Waals surface area contributed by atoms with Crippen LogP contribution in [0.1, 0.15) is 5.56 Å². The Hall–Kier alpha value is -1.00. The summed E-state index contributed by atoms with van der Waals surface area (Å²) in [5, 5.41) is 7.70. The number of nitrogens with one attached hydrogen (secondary N) is 1. The van der Waals surface area contributed by atoms with Crippen molar-refractivity contribution in [3.05, 3.63) is 36.2 Å². The van der Waals surface area contributed by atoms with Crippen molar-refractivity contribution in [2.75, 3.05) is 18.6 Å². The molecule has 0 spiro atoms. The lowest BCUT2D eigenvalue weighted by Gasteiger charge is -2.01. The Morgan fingerprint density at radius 2 is 2.40 bits per heavy atom.